The van der Waals surface area contributed by atoms with Crippen molar-refractivity contribution in [3.63, 3.8) is 0 Å². The normalized spacial score (nSPS) is 22.3. The summed E-state index contributed by atoms with van der Waals surface area (Å²) in [6.45, 7) is 0. The first-order valence-corrected chi connectivity index (χ1v) is 10.3. The zero-order valence-electron chi connectivity index (χ0n) is 14.4. The fourth-order valence-corrected chi connectivity index (χ4v) is 4.43. The third-order valence-electron chi connectivity index (χ3n) is 5.04. The van der Waals surface area contributed by atoms with Gasteiger partial charge in [-0.2, -0.15) is 0 Å². The van der Waals surface area contributed by atoms with Gasteiger partial charge >= 0.3 is 9.53 Å². The lowest BCUT2D eigenvalue weighted by atomic mass is 9.81. The monoisotopic (exact) mass is 316 g/mol. The minimum atomic E-state index is -1.67. The van der Waals surface area contributed by atoms with Gasteiger partial charge in [-0.05, 0) is 11.8 Å². The SMILES string of the molecule is C1CCCC(C2CCCCCC2)CC1.CO[SiH](OC)OC. The van der Waals surface area contributed by atoms with Gasteiger partial charge in [0.25, 0.3) is 0 Å². The lowest BCUT2D eigenvalue weighted by molar-refractivity contribution is 0.163. The van der Waals surface area contributed by atoms with Crippen molar-refractivity contribution in [1.82, 2.24) is 0 Å². The van der Waals surface area contributed by atoms with Crippen LogP contribution < -0.4 is 0 Å². The third kappa shape index (κ3) is 8.34. The molecule has 0 amide bonds. The van der Waals surface area contributed by atoms with E-state index < -0.39 is 9.53 Å². The lowest BCUT2D eigenvalue weighted by Crippen LogP contribution is -2.21. The summed E-state index contributed by atoms with van der Waals surface area (Å²) in [5.41, 5.74) is 0. The Kier molecular flexibility index (Phi) is 11.5. The van der Waals surface area contributed by atoms with Gasteiger partial charge in [-0.25, -0.2) is 0 Å². The minimum Gasteiger partial charge on any atom is -0.379 e. The number of hydrogen-bond acceptors (Lipinski definition) is 3. The van der Waals surface area contributed by atoms with Crippen LogP contribution in [0.4, 0.5) is 0 Å². The quantitative estimate of drug-likeness (QED) is 0.561. The summed E-state index contributed by atoms with van der Waals surface area (Å²) < 4.78 is 14.2. The molecular formula is C17H36O3Si. The van der Waals surface area contributed by atoms with E-state index in [0.29, 0.717) is 0 Å². The highest BCUT2D eigenvalue weighted by atomic mass is 28.3. The van der Waals surface area contributed by atoms with Crippen LogP contribution in [0.25, 0.3) is 0 Å². The van der Waals surface area contributed by atoms with Crippen molar-refractivity contribution in [1.29, 1.82) is 0 Å². The van der Waals surface area contributed by atoms with Crippen LogP contribution >= 0.6 is 0 Å². The van der Waals surface area contributed by atoms with Crippen LogP contribution in [0.2, 0.25) is 0 Å². The van der Waals surface area contributed by atoms with Gasteiger partial charge in [0.15, 0.2) is 0 Å². The van der Waals surface area contributed by atoms with Crippen LogP contribution in [0.3, 0.4) is 0 Å². The third-order valence-corrected chi connectivity index (χ3v) is 6.20. The molecule has 0 spiro atoms. The fraction of sp³-hybridized carbons (Fsp3) is 1.00. The van der Waals surface area contributed by atoms with Gasteiger partial charge in [-0.1, -0.05) is 77.0 Å². The van der Waals surface area contributed by atoms with Crippen molar-refractivity contribution in [2.75, 3.05) is 21.3 Å². The molecule has 0 radical (unpaired) electrons. The Morgan fingerprint density at radius 1 is 0.524 bits per heavy atom. The van der Waals surface area contributed by atoms with Gasteiger partial charge in [0, 0.05) is 21.3 Å². The Morgan fingerprint density at radius 3 is 1.00 bits per heavy atom. The molecule has 0 atom stereocenters. The second kappa shape index (κ2) is 12.6. The molecular weight excluding hydrogens is 280 g/mol. The summed E-state index contributed by atoms with van der Waals surface area (Å²) >= 11 is 0. The molecule has 0 N–H and O–H groups in total. The van der Waals surface area contributed by atoms with Crippen LogP contribution in [-0.4, -0.2) is 30.9 Å². The van der Waals surface area contributed by atoms with E-state index in [1.165, 1.54) is 51.4 Å². The predicted molar refractivity (Wildman–Crippen MR) is 90.6 cm³/mol. The summed E-state index contributed by atoms with van der Waals surface area (Å²) in [6, 6.07) is 0. The maximum atomic E-state index is 4.74. The molecule has 21 heavy (non-hydrogen) atoms. The summed E-state index contributed by atoms with van der Waals surface area (Å²) in [5.74, 6) is 2.24. The van der Waals surface area contributed by atoms with Gasteiger partial charge < -0.3 is 13.3 Å². The largest absolute Gasteiger partial charge is 0.483 e. The van der Waals surface area contributed by atoms with Crippen molar-refractivity contribution in [3.05, 3.63) is 0 Å². The lowest BCUT2D eigenvalue weighted by Gasteiger charge is -2.24. The second-order valence-electron chi connectivity index (χ2n) is 6.50. The standard InChI is InChI=1S/C14H26.C3H10O3Si/c1-2-6-10-13(9-5-1)14-11-7-3-4-8-12-14;1-4-7(5-2)6-3/h13-14H,1-12H2;7H,1-3H3. The highest BCUT2D eigenvalue weighted by Gasteiger charge is 2.23. The molecule has 2 aliphatic rings. The first-order chi connectivity index (χ1) is 10.3. The zero-order chi connectivity index (χ0) is 15.3. The Balaban J connectivity index is 0.000000270. The van der Waals surface area contributed by atoms with Crippen LogP contribution in [0.1, 0.15) is 77.0 Å². The average Bonchev–Trinajstić information content (AvgIpc) is 2.94. The molecule has 2 aliphatic carbocycles. The first-order valence-electron chi connectivity index (χ1n) is 8.90. The average molecular weight is 317 g/mol. The van der Waals surface area contributed by atoms with Crippen molar-refractivity contribution < 1.29 is 13.3 Å². The van der Waals surface area contributed by atoms with E-state index >= 15 is 0 Å². The molecule has 2 saturated carbocycles. The second-order valence-corrected chi connectivity index (χ2v) is 8.49. The Hall–Kier alpha value is 0.0969. The Morgan fingerprint density at radius 2 is 0.810 bits per heavy atom. The van der Waals surface area contributed by atoms with Gasteiger partial charge in [0.05, 0.1) is 0 Å². The Bertz CT molecular complexity index is 195. The molecule has 2 fully saturated rings. The molecule has 0 aromatic rings. The topological polar surface area (TPSA) is 27.7 Å². The molecule has 0 saturated heterocycles. The van der Waals surface area contributed by atoms with Crippen LogP contribution in [0, 0.1) is 11.8 Å². The molecule has 0 aromatic carbocycles. The van der Waals surface area contributed by atoms with Crippen LogP contribution in [0.15, 0.2) is 0 Å². The molecule has 0 aromatic heterocycles. The zero-order valence-corrected chi connectivity index (χ0v) is 15.6. The summed E-state index contributed by atoms with van der Waals surface area (Å²) in [5, 5.41) is 0. The van der Waals surface area contributed by atoms with Gasteiger partial charge in [-0.15, -0.1) is 0 Å². The number of hydrogen-bond donors (Lipinski definition) is 0. The summed E-state index contributed by atoms with van der Waals surface area (Å²) in [7, 11) is 3.05. The van der Waals surface area contributed by atoms with Crippen molar-refractivity contribution in [2.45, 2.75) is 77.0 Å². The number of rotatable bonds is 4. The maximum absolute atomic E-state index is 4.74. The van der Waals surface area contributed by atoms with Gasteiger partial charge in [-0.3, -0.25) is 0 Å². The maximum Gasteiger partial charge on any atom is 0.483 e. The fourth-order valence-electron chi connectivity index (χ4n) is 3.85. The van der Waals surface area contributed by atoms with E-state index in [4.69, 9.17) is 13.3 Å². The molecule has 0 heterocycles. The first kappa shape index (κ1) is 19.1. The van der Waals surface area contributed by atoms with Crippen molar-refractivity contribution in [2.24, 2.45) is 11.8 Å². The molecule has 4 heteroatoms. The molecule has 0 bridgehead atoms. The highest BCUT2D eigenvalue weighted by Crippen LogP contribution is 2.36. The minimum absolute atomic E-state index is 1.12. The van der Waals surface area contributed by atoms with Crippen molar-refractivity contribution in [3.8, 4) is 0 Å². The molecule has 0 unspecified atom stereocenters. The van der Waals surface area contributed by atoms with E-state index in [1.54, 1.807) is 47.0 Å². The van der Waals surface area contributed by atoms with Crippen LogP contribution in [-0.2, 0) is 13.3 Å². The van der Waals surface area contributed by atoms with E-state index in [-0.39, 0.29) is 0 Å². The summed E-state index contributed by atoms with van der Waals surface area (Å²) in [6.07, 6.45) is 18.4. The molecule has 2 rings (SSSR count). The van der Waals surface area contributed by atoms with E-state index in [1.807, 2.05) is 0 Å². The molecule has 126 valence electrons. The molecule has 0 aliphatic heterocycles. The van der Waals surface area contributed by atoms with Crippen molar-refractivity contribution >= 4 is 9.53 Å². The summed E-state index contributed by atoms with van der Waals surface area (Å²) in [4.78, 5) is 0. The van der Waals surface area contributed by atoms with Gasteiger partial charge in [0.2, 0.25) is 0 Å². The van der Waals surface area contributed by atoms with E-state index in [2.05, 4.69) is 0 Å². The Labute approximate surface area is 133 Å². The highest BCUT2D eigenvalue weighted by molar-refractivity contribution is 6.36. The smallest absolute Gasteiger partial charge is 0.379 e. The van der Waals surface area contributed by atoms with Gasteiger partial charge in [0.1, 0.15) is 0 Å². The van der Waals surface area contributed by atoms with Crippen LogP contribution in [0.5, 0.6) is 0 Å². The van der Waals surface area contributed by atoms with E-state index in [0.717, 1.165) is 11.8 Å². The van der Waals surface area contributed by atoms with E-state index in [9.17, 15) is 0 Å². The molecule has 3 nitrogen and oxygen atoms in total. The predicted octanol–water partition coefficient (Wildman–Crippen LogP) is 4.57.